The molecule has 0 amide bonds. The minimum absolute atomic E-state index is 0.0256. The van der Waals surface area contributed by atoms with E-state index in [9.17, 15) is 14.9 Å². The lowest BCUT2D eigenvalue weighted by Gasteiger charge is -2.10. The Balaban J connectivity index is 1.72. The Hall–Kier alpha value is -4.01. The highest BCUT2D eigenvalue weighted by molar-refractivity contribution is 6.03. The zero-order valence-corrected chi connectivity index (χ0v) is 16.3. The van der Waals surface area contributed by atoms with Gasteiger partial charge >= 0.3 is 5.97 Å². The van der Waals surface area contributed by atoms with Gasteiger partial charge in [-0.2, -0.15) is 5.10 Å². The van der Waals surface area contributed by atoms with Crippen LogP contribution >= 0.6 is 0 Å². The van der Waals surface area contributed by atoms with Crippen LogP contribution in [0.25, 0.3) is 22.5 Å². The van der Waals surface area contributed by atoms with Gasteiger partial charge in [0.1, 0.15) is 12.3 Å². The highest BCUT2D eigenvalue weighted by Crippen LogP contribution is 2.28. The number of rotatable bonds is 6. The molecule has 0 aliphatic carbocycles. The maximum absolute atomic E-state index is 12.9. The van der Waals surface area contributed by atoms with Crippen molar-refractivity contribution in [3.05, 3.63) is 76.2 Å². The molecule has 3 aromatic heterocycles. The van der Waals surface area contributed by atoms with Crippen LogP contribution in [0.15, 0.2) is 59.3 Å². The first-order valence-corrected chi connectivity index (χ1v) is 9.27. The number of furan rings is 1. The van der Waals surface area contributed by atoms with Gasteiger partial charge in [0.15, 0.2) is 11.4 Å². The number of fused-ring (bicyclic) bond motifs is 1. The number of para-hydroxylation sites is 1. The van der Waals surface area contributed by atoms with Gasteiger partial charge in [-0.1, -0.05) is 12.1 Å². The number of esters is 1. The fourth-order valence-corrected chi connectivity index (χ4v) is 3.15. The van der Waals surface area contributed by atoms with Crippen LogP contribution in [0.2, 0.25) is 0 Å². The SMILES string of the molecule is CC(C)n1ncc2c(C(=O)OCc3ccccc3[N+](=O)[O-])cc(-c3ccco3)nc21. The molecule has 0 fully saturated rings. The smallest absolute Gasteiger partial charge is 0.339 e. The molecule has 0 unspecified atom stereocenters. The number of nitro benzene ring substituents is 1. The van der Waals surface area contributed by atoms with Crippen LogP contribution in [-0.2, 0) is 11.3 Å². The summed E-state index contributed by atoms with van der Waals surface area (Å²) in [6.45, 7) is 3.69. The standard InChI is InChI=1S/C21H18N4O5/c1-13(2)24-20-16(11-22-24)15(10-17(23-20)19-8-5-9-29-19)21(26)30-12-14-6-3-4-7-18(14)25(27)28/h3-11,13H,12H2,1-2H3. The van der Waals surface area contributed by atoms with Crippen LogP contribution in [0.3, 0.4) is 0 Å². The number of ether oxygens (including phenoxy) is 1. The zero-order chi connectivity index (χ0) is 21.3. The summed E-state index contributed by atoms with van der Waals surface area (Å²) in [5.74, 6) is -0.127. The Morgan fingerprint density at radius 2 is 2.07 bits per heavy atom. The van der Waals surface area contributed by atoms with Crippen molar-refractivity contribution in [1.82, 2.24) is 14.8 Å². The van der Waals surface area contributed by atoms with Crippen LogP contribution in [0.4, 0.5) is 5.69 Å². The number of nitro groups is 1. The van der Waals surface area contributed by atoms with E-state index < -0.39 is 10.9 Å². The van der Waals surface area contributed by atoms with Gasteiger partial charge in [0.2, 0.25) is 0 Å². The lowest BCUT2D eigenvalue weighted by Crippen LogP contribution is -2.09. The molecule has 0 saturated carbocycles. The molecule has 0 aliphatic rings. The van der Waals surface area contributed by atoms with E-state index in [2.05, 4.69) is 10.1 Å². The number of hydrogen-bond acceptors (Lipinski definition) is 7. The van der Waals surface area contributed by atoms with E-state index in [1.54, 1.807) is 47.3 Å². The summed E-state index contributed by atoms with van der Waals surface area (Å²) < 4.78 is 12.6. The van der Waals surface area contributed by atoms with Gasteiger partial charge in [0.25, 0.3) is 5.69 Å². The lowest BCUT2D eigenvalue weighted by molar-refractivity contribution is -0.385. The van der Waals surface area contributed by atoms with E-state index in [0.717, 1.165) is 0 Å². The average Bonchev–Trinajstić information content (AvgIpc) is 3.41. The number of benzene rings is 1. The predicted molar refractivity (Wildman–Crippen MR) is 108 cm³/mol. The zero-order valence-electron chi connectivity index (χ0n) is 16.3. The topological polar surface area (TPSA) is 113 Å². The summed E-state index contributed by atoms with van der Waals surface area (Å²) >= 11 is 0. The summed E-state index contributed by atoms with van der Waals surface area (Å²) in [5.41, 5.74) is 1.46. The molecule has 0 bridgehead atoms. The molecule has 1 aromatic carbocycles. The maximum Gasteiger partial charge on any atom is 0.339 e. The second kappa shape index (κ2) is 7.78. The van der Waals surface area contributed by atoms with Crippen molar-refractivity contribution in [2.75, 3.05) is 0 Å². The first-order chi connectivity index (χ1) is 14.5. The summed E-state index contributed by atoms with van der Waals surface area (Å²) in [6, 6.07) is 11.2. The normalized spacial score (nSPS) is 11.2. The van der Waals surface area contributed by atoms with E-state index in [1.165, 1.54) is 12.3 Å². The summed E-state index contributed by atoms with van der Waals surface area (Å²) in [5, 5.41) is 16.1. The summed E-state index contributed by atoms with van der Waals surface area (Å²) in [4.78, 5) is 28.2. The largest absolute Gasteiger partial charge is 0.463 e. The van der Waals surface area contributed by atoms with Crippen molar-refractivity contribution in [3.8, 4) is 11.5 Å². The van der Waals surface area contributed by atoms with Gasteiger partial charge in [0, 0.05) is 12.1 Å². The van der Waals surface area contributed by atoms with Crippen LogP contribution in [0.5, 0.6) is 0 Å². The number of carbonyl (C=O) groups is 1. The van der Waals surface area contributed by atoms with Gasteiger partial charge in [0.05, 0.1) is 33.9 Å². The molecule has 0 spiro atoms. The molecule has 0 saturated heterocycles. The Morgan fingerprint density at radius 1 is 1.27 bits per heavy atom. The molecule has 30 heavy (non-hydrogen) atoms. The molecule has 0 atom stereocenters. The average molecular weight is 406 g/mol. The first-order valence-electron chi connectivity index (χ1n) is 9.27. The highest BCUT2D eigenvalue weighted by atomic mass is 16.6. The van der Waals surface area contributed by atoms with E-state index in [-0.39, 0.29) is 23.9 Å². The van der Waals surface area contributed by atoms with Gasteiger partial charge in [-0.3, -0.25) is 10.1 Å². The minimum Gasteiger partial charge on any atom is -0.463 e. The monoisotopic (exact) mass is 406 g/mol. The van der Waals surface area contributed by atoms with Crippen molar-refractivity contribution in [2.24, 2.45) is 0 Å². The Kier molecular flexibility index (Phi) is 5.01. The third-order valence-corrected chi connectivity index (χ3v) is 4.60. The van der Waals surface area contributed by atoms with Gasteiger partial charge < -0.3 is 9.15 Å². The Morgan fingerprint density at radius 3 is 2.77 bits per heavy atom. The second-order valence-electron chi connectivity index (χ2n) is 6.91. The Bertz CT molecular complexity index is 1230. The molecule has 0 aliphatic heterocycles. The molecule has 152 valence electrons. The predicted octanol–water partition coefficient (Wildman–Crippen LogP) is 4.54. The molecular weight excluding hydrogens is 388 g/mol. The number of hydrogen-bond donors (Lipinski definition) is 0. The van der Waals surface area contributed by atoms with Crippen LogP contribution in [0.1, 0.15) is 35.8 Å². The number of aromatic nitrogens is 3. The molecule has 9 nitrogen and oxygen atoms in total. The van der Waals surface area contributed by atoms with Crippen LogP contribution < -0.4 is 0 Å². The van der Waals surface area contributed by atoms with Crippen molar-refractivity contribution < 1.29 is 18.9 Å². The second-order valence-corrected chi connectivity index (χ2v) is 6.91. The number of pyridine rings is 1. The van der Waals surface area contributed by atoms with E-state index in [0.29, 0.717) is 28.1 Å². The van der Waals surface area contributed by atoms with Crippen molar-refractivity contribution in [1.29, 1.82) is 0 Å². The lowest BCUT2D eigenvalue weighted by atomic mass is 10.1. The summed E-state index contributed by atoms with van der Waals surface area (Å²) in [6.07, 6.45) is 3.09. The molecule has 3 heterocycles. The Labute approximate surface area is 171 Å². The van der Waals surface area contributed by atoms with E-state index >= 15 is 0 Å². The highest BCUT2D eigenvalue weighted by Gasteiger charge is 2.21. The van der Waals surface area contributed by atoms with Gasteiger partial charge in [-0.05, 0) is 38.1 Å². The van der Waals surface area contributed by atoms with Crippen molar-refractivity contribution >= 4 is 22.7 Å². The van der Waals surface area contributed by atoms with E-state index in [4.69, 9.17) is 9.15 Å². The third kappa shape index (κ3) is 3.52. The fourth-order valence-electron chi connectivity index (χ4n) is 3.15. The van der Waals surface area contributed by atoms with Gasteiger partial charge in [-0.15, -0.1) is 0 Å². The molecular formula is C21H18N4O5. The molecule has 4 rings (SSSR count). The van der Waals surface area contributed by atoms with Crippen LogP contribution in [-0.4, -0.2) is 25.7 Å². The van der Waals surface area contributed by atoms with Gasteiger partial charge in [-0.25, -0.2) is 14.5 Å². The molecule has 4 aromatic rings. The molecule has 0 radical (unpaired) electrons. The quantitative estimate of drug-likeness (QED) is 0.262. The molecule has 9 heteroatoms. The summed E-state index contributed by atoms with van der Waals surface area (Å²) in [7, 11) is 0. The minimum atomic E-state index is -0.628. The first kappa shape index (κ1) is 19.3. The molecule has 0 N–H and O–H groups in total. The number of carbonyl (C=O) groups excluding carboxylic acids is 1. The fraction of sp³-hybridized carbons (Fsp3) is 0.190. The van der Waals surface area contributed by atoms with Crippen LogP contribution in [0, 0.1) is 10.1 Å². The van der Waals surface area contributed by atoms with E-state index in [1.807, 2.05) is 13.8 Å². The van der Waals surface area contributed by atoms with Crippen molar-refractivity contribution in [2.45, 2.75) is 26.5 Å². The maximum atomic E-state index is 12.9. The van der Waals surface area contributed by atoms with Crippen molar-refractivity contribution in [3.63, 3.8) is 0 Å². The third-order valence-electron chi connectivity index (χ3n) is 4.60. The number of nitrogens with zero attached hydrogens (tertiary/aromatic N) is 4.